The van der Waals surface area contributed by atoms with Crippen LogP contribution in [-0.4, -0.2) is 12.7 Å². The zero-order chi connectivity index (χ0) is 14.0. The fourth-order valence-corrected chi connectivity index (χ4v) is 2.07. The summed E-state index contributed by atoms with van der Waals surface area (Å²) in [6, 6.07) is 20.9. The molecule has 0 N–H and O–H groups in total. The maximum Gasteiger partial charge on any atom is 0.0654 e. The lowest BCUT2D eigenvalue weighted by Gasteiger charge is -2.11. The molecule has 2 rings (SSSR count). The molecule has 20 heavy (non-hydrogen) atoms. The van der Waals surface area contributed by atoms with Gasteiger partial charge in [-0.05, 0) is 30.9 Å². The minimum atomic E-state index is 0.288. The molecule has 0 radical (unpaired) electrons. The van der Waals surface area contributed by atoms with Crippen LogP contribution in [0.15, 0.2) is 66.7 Å². The number of rotatable bonds is 7. The highest BCUT2D eigenvalue weighted by molar-refractivity contribution is 5.48. The van der Waals surface area contributed by atoms with Gasteiger partial charge in [-0.3, -0.25) is 0 Å². The molecule has 0 aliphatic heterocycles. The zero-order valence-electron chi connectivity index (χ0n) is 12.0. The lowest BCUT2D eigenvalue weighted by Crippen LogP contribution is -2.09. The van der Waals surface area contributed by atoms with Gasteiger partial charge in [-0.2, -0.15) is 0 Å². The van der Waals surface area contributed by atoms with E-state index >= 15 is 0 Å². The molecule has 2 aromatic carbocycles. The smallest absolute Gasteiger partial charge is 0.0654 e. The Labute approximate surface area is 121 Å². The maximum atomic E-state index is 5.80. The number of hydrogen-bond acceptors (Lipinski definition) is 1. The molecule has 0 saturated carbocycles. The first-order valence-electron chi connectivity index (χ1n) is 7.22. The van der Waals surface area contributed by atoms with E-state index in [1.807, 2.05) is 18.2 Å². The van der Waals surface area contributed by atoms with E-state index in [2.05, 4.69) is 61.5 Å². The van der Waals surface area contributed by atoms with E-state index in [9.17, 15) is 0 Å². The Hall–Kier alpha value is -1.86. The second-order valence-electron chi connectivity index (χ2n) is 4.98. The van der Waals surface area contributed by atoms with Gasteiger partial charge in [0.1, 0.15) is 0 Å². The molecule has 104 valence electrons. The number of ether oxygens (including phenoxy) is 1. The standard InChI is InChI=1S/C19H22O/c1-17(14-15-19-11-6-3-7-12-19)20-16-8-13-18-9-4-2-5-10-18/h2-13,17H,14-16H2,1H3/b13-8+. The van der Waals surface area contributed by atoms with Crippen LogP contribution in [0.3, 0.4) is 0 Å². The summed E-state index contributed by atoms with van der Waals surface area (Å²) in [5.41, 5.74) is 2.59. The minimum absolute atomic E-state index is 0.288. The van der Waals surface area contributed by atoms with E-state index in [1.54, 1.807) is 0 Å². The van der Waals surface area contributed by atoms with Crippen LogP contribution >= 0.6 is 0 Å². The Balaban J connectivity index is 1.65. The first kappa shape index (κ1) is 14.5. The molecule has 0 aromatic heterocycles. The Morgan fingerprint density at radius 2 is 1.60 bits per heavy atom. The Morgan fingerprint density at radius 3 is 2.30 bits per heavy atom. The quantitative estimate of drug-likeness (QED) is 0.703. The highest BCUT2D eigenvalue weighted by Gasteiger charge is 2.01. The van der Waals surface area contributed by atoms with E-state index in [0.717, 1.165) is 12.8 Å². The van der Waals surface area contributed by atoms with Gasteiger partial charge in [0.25, 0.3) is 0 Å². The molecule has 0 heterocycles. The third kappa shape index (κ3) is 5.41. The minimum Gasteiger partial charge on any atom is -0.374 e. The second-order valence-corrected chi connectivity index (χ2v) is 4.98. The number of aryl methyl sites for hydroxylation is 1. The fourth-order valence-electron chi connectivity index (χ4n) is 2.07. The van der Waals surface area contributed by atoms with Gasteiger partial charge in [0.15, 0.2) is 0 Å². The van der Waals surface area contributed by atoms with Crippen molar-refractivity contribution in [3.63, 3.8) is 0 Å². The Kier molecular flexibility index (Phi) is 6.07. The molecular weight excluding hydrogens is 244 g/mol. The van der Waals surface area contributed by atoms with E-state index < -0.39 is 0 Å². The summed E-state index contributed by atoms with van der Waals surface area (Å²) in [5.74, 6) is 0. The van der Waals surface area contributed by atoms with Crippen LogP contribution in [0.25, 0.3) is 6.08 Å². The van der Waals surface area contributed by atoms with Crippen molar-refractivity contribution in [2.45, 2.75) is 25.9 Å². The van der Waals surface area contributed by atoms with E-state index in [4.69, 9.17) is 4.74 Å². The molecule has 1 atom stereocenters. The third-order valence-corrected chi connectivity index (χ3v) is 3.27. The summed E-state index contributed by atoms with van der Waals surface area (Å²) in [4.78, 5) is 0. The zero-order valence-corrected chi connectivity index (χ0v) is 12.0. The molecule has 0 aliphatic rings. The first-order chi connectivity index (χ1) is 9.84. The van der Waals surface area contributed by atoms with Gasteiger partial charge >= 0.3 is 0 Å². The molecule has 1 unspecified atom stereocenters. The lowest BCUT2D eigenvalue weighted by atomic mass is 10.1. The van der Waals surface area contributed by atoms with Crippen molar-refractivity contribution in [1.29, 1.82) is 0 Å². The topological polar surface area (TPSA) is 9.23 Å². The second kappa shape index (κ2) is 8.34. The van der Waals surface area contributed by atoms with Gasteiger partial charge < -0.3 is 4.74 Å². The lowest BCUT2D eigenvalue weighted by molar-refractivity contribution is 0.0825. The van der Waals surface area contributed by atoms with Crippen molar-refractivity contribution < 1.29 is 4.74 Å². The maximum absolute atomic E-state index is 5.80. The van der Waals surface area contributed by atoms with Crippen molar-refractivity contribution in [1.82, 2.24) is 0 Å². The summed E-state index contributed by atoms with van der Waals surface area (Å²) >= 11 is 0. The highest BCUT2D eigenvalue weighted by Crippen LogP contribution is 2.07. The van der Waals surface area contributed by atoms with Crippen LogP contribution in [0.2, 0.25) is 0 Å². The largest absolute Gasteiger partial charge is 0.374 e. The molecule has 1 nitrogen and oxygen atoms in total. The molecule has 2 aromatic rings. The Bertz CT molecular complexity index is 502. The van der Waals surface area contributed by atoms with Gasteiger partial charge in [-0.1, -0.05) is 72.8 Å². The third-order valence-electron chi connectivity index (χ3n) is 3.27. The van der Waals surface area contributed by atoms with E-state index in [-0.39, 0.29) is 6.10 Å². The number of benzene rings is 2. The molecular formula is C19H22O. The summed E-state index contributed by atoms with van der Waals surface area (Å²) < 4.78 is 5.80. The van der Waals surface area contributed by atoms with Crippen LogP contribution < -0.4 is 0 Å². The average Bonchev–Trinajstić information content (AvgIpc) is 2.52. The van der Waals surface area contributed by atoms with Crippen molar-refractivity contribution in [2.75, 3.05) is 6.61 Å². The van der Waals surface area contributed by atoms with E-state index in [0.29, 0.717) is 6.61 Å². The summed E-state index contributed by atoms with van der Waals surface area (Å²) in [5, 5.41) is 0. The predicted molar refractivity (Wildman–Crippen MR) is 85.7 cm³/mol. The van der Waals surface area contributed by atoms with Gasteiger partial charge in [-0.15, -0.1) is 0 Å². The predicted octanol–water partition coefficient (Wildman–Crippen LogP) is 4.74. The van der Waals surface area contributed by atoms with Crippen LogP contribution in [0.4, 0.5) is 0 Å². The molecule has 0 spiro atoms. The normalized spacial score (nSPS) is 12.7. The van der Waals surface area contributed by atoms with Crippen molar-refractivity contribution in [2.24, 2.45) is 0 Å². The molecule has 0 aliphatic carbocycles. The molecule has 1 heteroatoms. The molecule has 0 bridgehead atoms. The average molecular weight is 266 g/mol. The van der Waals surface area contributed by atoms with Crippen LogP contribution in [-0.2, 0) is 11.2 Å². The van der Waals surface area contributed by atoms with Crippen LogP contribution in [0.1, 0.15) is 24.5 Å². The van der Waals surface area contributed by atoms with Gasteiger partial charge in [0.05, 0.1) is 12.7 Å². The van der Waals surface area contributed by atoms with Gasteiger partial charge in [-0.25, -0.2) is 0 Å². The van der Waals surface area contributed by atoms with Crippen molar-refractivity contribution in [3.8, 4) is 0 Å². The monoisotopic (exact) mass is 266 g/mol. The number of hydrogen-bond donors (Lipinski definition) is 0. The SMILES string of the molecule is CC(CCc1ccccc1)OC/C=C/c1ccccc1. The Morgan fingerprint density at radius 1 is 0.950 bits per heavy atom. The summed E-state index contributed by atoms with van der Waals surface area (Å²) in [6.45, 7) is 2.81. The summed E-state index contributed by atoms with van der Waals surface area (Å²) in [7, 11) is 0. The van der Waals surface area contributed by atoms with Crippen LogP contribution in [0, 0.1) is 0 Å². The summed E-state index contributed by atoms with van der Waals surface area (Å²) in [6.07, 6.45) is 6.60. The van der Waals surface area contributed by atoms with Gasteiger partial charge in [0.2, 0.25) is 0 Å². The molecule has 0 fully saturated rings. The van der Waals surface area contributed by atoms with Crippen LogP contribution in [0.5, 0.6) is 0 Å². The van der Waals surface area contributed by atoms with Gasteiger partial charge in [0, 0.05) is 0 Å². The molecule has 0 amide bonds. The van der Waals surface area contributed by atoms with Crippen molar-refractivity contribution in [3.05, 3.63) is 77.9 Å². The fraction of sp³-hybridized carbons (Fsp3) is 0.263. The first-order valence-corrected chi connectivity index (χ1v) is 7.22. The highest BCUT2D eigenvalue weighted by atomic mass is 16.5. The molecule has 0 saturated heterocycles. The van der Waals surface area contributed by atoms with E-state index in [1.165, 1.54) is 11.1 Å². The van der Waals surface area contributed by atoms with Crippen molar-refractivity contribution >= 4 is 6.08 Å².